The first kappa shape index (κ1) is 19.8. The Morgan fingerprint density at radius 3 is 2.48 bits per heavy atom. The number of nitrogens with one attached hydrogen (secondary N) is 1. The molecule has 1 N–H and O–H groups in total. The molecule has 5 nitrogen and oxygen atoms in total. The highest BCUT2D eigenvalue weighted by molar-refractivity contribution is 7.92. The van der Waals surface area contributed by atoms with Gasteiger partial charge in [0.1, 0.15) is 6.04 Å². The number of hydrogen-bond acceptors (Lipinski definition) is 3. The molecule has 0 aliphatic rings. The summed E-state index contributed by atoms with van der Waals surface area (Å²) in [5, 5.41) is 3.25. The van der Waals surface area contributed by atoms with Crippen molar-refractivity contribution in [3.8, 4) is 0 Å². The smallest absolute Gasteiger partial charge is 0.243 e. The fourth-order valence-electron chi connectivity index (χ4n) is 2.28. The van der Waals surface area contributed by atoms with Crippen LogP contribution < -0.4 is 9.62 Å². The molecule has 0 aliphatic heterocycles. The zero-order valence-electron chi connectivity index (χ0n) is 14.0. The van der Waals surface area contributed by atoms with Crippen LogP contribution in [0.15, 0.2) is 24.3 Å². The summed E-state index contributed by atoms with van der Waals surface area (Å²) >= 11 is 5.96. The van der Waals surface area contributed by atoms with E-state index in [4.69, 9.17) is 11.6 Å². The Kier molecular flexibility index (Phi) is 7.35. The summed E-state index contributed by atoms with van der Waals surface area (Å²) in [7, 11) is -3.62. The number of anilines is 1. The van der Waals surface area contributed by atoms with Crippen molar-refractivity contribution in [1.82, 2.24) is 5.32 Å². The SMILES string of the molecule is CC[C@H](C(=O)NCCC(C)C)N(c1cccc(Cl)c1)S(C)(=O)=O. The third kappa shape index (κ3) is 6.03. The van der Waals surface area contributed by atoms with Gasteiger partial charge in [0, 0.05) is 11.6 Å². The van der Waals surface area contributed by atoms with Crippen molar-refractivity contribution in [2.75, 3.05) is 17.1 Å². The minimum Gasteiger partial charge on any atom is -0.354 e. The lowest BCUT2D eigenvalue weighted by molar-refractivity contribution is -0.122. The van der Waals surface area contributed by atoms with Crippen LogP contribution in [0.5, 0.6) is 0 Å². The van der Waals surface area contributed by atoms with E-state index in [-0.39, 0.29) is 5.91 Å². The van der Waals surface area contributed by atoms with E-state index in [0.29, 0.717) is 29.6 Å². The first-order valence-electron chi connectivity index (χ1n) is 7.69. The lowest BCUT2D eigenvalue weighted by atomic mass is 10.1. The summed E-state index contributed by atoms with van der Waals surface area (Å²) in [6, 6.07) is 5.72. The summed E-state index contributed by atoms with van der Waals surface area (Å²) < 4.78 is 25.6. The predicted octanol–water partition coefficient (Wildman–Crippen LogP) is 3.05. The average molecular weight is 361 g/mol. The number of halogens is 1. The van der Waals surface area contributed by atoms with E-state index in [2.05, 4.69) is 19.2 Å². The number of carbonyl (C=O) groups is 1. The van der Waals surface area contributed by atoms with Gasteiger partial charge in [0.05, 0.1) is 11.9 Å². The first-order chi connectivity index (χ1) is 10.7. The van der Waals surface area contributed by atoms with E-state index in [0.717, 1.165) is 17.0 Å². The molecule has 1 atom stereocenters. The molecular weight excluding hydrogens is 336 g/mol. The summed E-state index contributed by atoms with van der Waals surface area (Å²) in [6.45, 7) is 6.45. The summed E-state index contributed by atoms with van der Waals surface area (Å²) in [6.07, 6.45) is 2.31. The van der Waals surface area contributed by atoms with Crippen LogP contribution in [0, 0.1) is 5.92 Å². The Balaban J connectivity index is 3.06. The average Bonchev–Trinajstić information content (AvgIpc) is 2.42. The molecule has 0 bridgehead atoms. The second-order valence-electron chi connectivity index (χ2n) is 5.94. The molecule has 0 aromatic heterocycles. The molecule has 0 saturated heterocycles. The number of hydrogen-bond donors (Lipinski definition) is 1. The molecule has 1 aromatic carbocycles. The van der Waals surface area contributed by atoms with E-state index >= 15 is 0 Å². The maximum absolute atomic E-state index is 12.5. The molecule has 0 radical (unpaired) electrons. The lowest BCUT2D eigenvalue weighted by Crippen LogP contribution is -2.49. The van der Waals surface area contributed by atoms with Gasteiger partial charge < -0.3 is 5.32 Å². The minimum absolute atomic E-state index is 0.293. The van der Waals surface area contributed by atoms with Crippen LogP contribution in [0.4, 0.5) is 5.69 Å². The summed E-state index contributed by atoms with van der Waals surface area (Å²) in [4.78, 5) is 12.5. The van der Waals surface area contributed by atoms with Crippen LogP contribution in [-0.2, 0) is 14.8 Å². The van der Waals surface area contributed by atoms with Crippen molar-refractivity contribution in [1.29, 1.82) is 0 Å². The Bertz CT molecular complexity index is 632. The standard InChI is InChI=1S/C16H25ClN2O3S/c1-5-15(16(20)18-10-9-12(2)3)19(23(4,21)22)14-8-6-7-13(17)11-14/h6-8,11-12,15H,5,9-10H2,1-4H3,(H,18,20)/t15-/m1/s1. The first-order valence-corrected chi connectivity index (χ1v) is 9.92. The monoisotopic (exact) mass is 360 g/mol. The second kappa shape index (κ2) is 8.55. The van der Waals surface area contributed by atoms with Crippen LogP contribution in [-0.4, -0.2) is 33.2 Å². The molecule has 0 heterocycles. The van der Waals surface area contributed by atoms with Crippen molar-refractivity contribution in [3.63, 3.8) is 0 Å². The van der Waals surface area contributed by atoms with Crippen LogP contribution in [0.25, 0.3) is 0 Å². The molecular formula is C16H25ClN2O3S. The highest BCUT2D eigenvalue weighted by atomic mass is 35.5. The van der Waals surface area contributed by atoms with Gasteiger partial charge >= 0.3 is 0 Å². The highest BCUT2D eigenvalue weighted by Gasteiger charge is 2.31. The summed E-state index contributed by atoms with van der Waals surface area (Å²) in [5.41, 5.74) is 0.394. The Morgan fingerprint density at radius 2 is 2.00 bits per heavy atom. The van der Waals surface area contributed by atoms with Crippen LogP contribution >= 0.6 is 11.6 Å². The van der Waals surface area contributed by atoms with Crippen molar-refractivity contribution in [2.45, 2.75) is 39.7 Å². The Labute approximate surface area is 144 Å². The second-order valence-corrected chi connectivity index (χ2v) is 8.23. The zero-order valence-corrected chi connectivity index (χ0v) is 15.6. The number of benzene rings is 1. The van der Waals surface area contributed by atoms with Gasteiger partial charge in [0.15, 0.2) is 0 Å². The predicted molar refractivity (Wildman–Crippen MR) is 95.3 cm³/mol. The fraction of sp³-hybridized carbons (Fsp3) is 0.562. The van der Waals surface area contributed by atoms with Crippen molar-refractivity contribution >= 4 is 33.2 Å². The number of carbonyl (C=O) groups excluding carboxylic acids is 1. The third-order valence-corrected chi connectivity index (χ3v) is 4.83. The molecule has 0 fully saturated rings. The van der Waals surface area contributed by atoms with Gasteiger partial charge in [-0.15, -0.1) is 0 Å². The van der Waals surface area contributed by atoms with Gasteiger partial charge in [-0.3, -0.25) is 9.10 Å². The highest BCUT2D eigenvalue weighted by Crippen LogP contribution is 2.25. The molecule has 1 rings (SSSR count). The van der Waals surface area contributed by atoms with Crippen LogP contribution in [0.3, 0.4) is 0 Å². The van der Waals surface area contributed by atoms with E-state index in [9.17, 15) is 13.2 Å². The Morgan fingerprint density at radius 1 is 1.35 bits per heavy atom. The van der Waals surface area contributed by atoms with Gasteiger partial charge in [-0.05, 0) is 37.0 Å². The molecule has 7 heteroatoms. The molecule has 0 unspecified atom stereocenters. The summed E-state index contributed by atoms with van der Waals surface area (Å²) in [5.74, 6) is 0.174. The third-order valence-electron chi connectivity index (χ3n) is 3.41. The van der Waals surface area contributed by atoms with Gasteiger partial charge in [-0.25, -0.2) is 8.42 Å². The largest absolute Gasteiger partial charge is 0.354 e. The van der Waals surface area contributed by atoms with E-state index in [1.807, 2.05) is 0 Å². The van der Waals surface area contributed by atoms with E-state index in [1.165, 1.54) is 0 Å². The molecule has 0 spiro atoms. The quantitative estimate of drug-likeness (QED) is 0.774. The molecule has 1 amide bonds. The van der Waals surface area contributed by atoms with E-state index < -0.39 is 16.1 Å². The number of nitrogens with zero attached hydrogens (tertiary/aromatic N) is 1. The van der Waals surface area contributed by atoms with E-state index in [1.54, 1.807) is 31.2 Å². The molecule has 130 valence electrons. The number of rotatable bonds is 8. The Hall–Kier alpha value is -1.27. The lowest BCUT2D eigenvalue weighted by Gasteiger charge is -2.30. The van der Waals surface area contributed by atoms with Gasteiger partial charge in [-0.1, -0.05) is 38.4 Å². The molecule has 0 aliphatic carbocycles. The zero-order chi connectivity index (χ0) is 17.6. The van der Waals surface area contributed by atoms with Gasteiger partial charge in [0.25, 0.3) is 0 Å². The van der Waals surface area contributed by atoms with Crippen molar-refractivity contribution in [2.24, 2.45) is 5.92 Å². The maximum atomic E-state index is 12.5. The van der Waals surface area contributed by atoms with Crippen molar-refractivity contribution < 1.29 is 13.2 Å². The molecule has 23 heavy (non-hydrogen) atoms. The normalized spacial score (nSPS) is 13.0. The topological polar surface area (TPSA) is 66.5 Å². The fourth-order valence-corrected chi connectivity index (χ4v) is 3.66. The number of sulfonamides is 1. The van der Waals surface area contributed by atoms with Gasteiger partial charge in [0.2, 0.25) is 15.9 Å². The molecule has 1 aromatic rings. The number of amides is 1. The van der Waals surface area contributed by atoms with Crippen LogP contribution in [0.2, 0.25) is 5.02 Å². The minimum atomic E-state index is -3.62. The maximum Gasteiger partial charge on any atom is 0.243 e. The van der Waals surface area contributed by atoms with Crippen molar-refractivity contribution in [3.05, 3.63) is 29.3 Å². The van der Waals surface area contributed by atoms with Crippen LogP contribution in [0.1, 0.15) is 33.6 Å². The molecule has 0 saturated carbocycles. The van der Waals surface area contributed by atoms with Gasteiger partial charge in [-0.2, -0.15) is 0 Å².